The third-order valence-corrected chi connectivity index (χ3v) is 1.63. The van der Waals surface area contributed by atoms with E-state index < -0.39 is 29.5 Å². The molecule has 0 aromatic heterocycles. The predicted octanol–water partition coefficient (Wildman–Crippen LogP) is 1.03. The molecule has 0 aromatic rings. The molecule has 1 amide bonds. The summed E-state index contributed by atoms with van der Waals surface area (Å²) in [5.41, 5.74) is -0.622. The fraction of sp³-hybridized carbons (Fsp3) is 0.727. The summed E-state index contributed by atoms with van der Waals surface area (Å²) in [6.07, 6.45) is -0.679. The molecule has 0 aliphatic carbocycles. The van der Waals surface area contributed by atoms with Crippen LogP contribution in [0.1, 0.15) is 34.6 Å². The fourth-order valence-corrected chi connectivity index (χ4v) is 0.863. The van der Waals surface area contributed by atoms with Crippen molar-refractivity contribution in [1.29, 1.82) is 0 Å². The zero-order valence-corrected chi connectivity index (χ0v) is 10.8. The number of Topliss-reactive ketones (excluding diaryl/α,β-unsaturated/α-hetero) is 1. The maximum atomic E-state index is 11.4. The van der Waals surface area contributed by atoms with Gasteiger partial charge in [0, 0.05) is 6.92 Å². The van der Waals surface area contributed by atoms with Crippen molar-refractivity contribution >= 4 is 17.8 Å². The highest BCUT2D eigenvalue weighted by Gasteiger charge is 2.21. The van der Waals surface area contributed by atoms with Gasteiger partial charge in [0.1, 0.15) is 5.60 Å². The highest BCUT2D eigenvalue weighted by molar-refractivity contribution is 5.89. The Morgan fingerprint density at radius 2 is 1.76 bits per heavy atom. The molecular weight excluding hydrogens is 226 g/mol. The molecule has 0 rings (SSSR count). The van der Waals surface area contributed by atoms with E-state index >= 15 is 0 Å². The summed E-state index contributed by atoms with van der Waals surface area (Å²) in [7, 11) is 0. The molecule has 1 N–H and O–H groups in total. The molecule has 0 saturated carbocycles. The highest BCUT2D eigenvalue weighted by Crippen LogP contribution is 2.06. The second kappa shape index (κ2) is 6.22. The molecule has 0 saturated heterocycles. The molecule has 0 radical (unpaired) electrons. The molecule has 0 aliphatic heterocycles. The van der Waals surface area contributed by atoms with Crippen LogP contribution in [0.2, 0.25) is 0 Å². The Bertz CT molecular complexity index is 305. The molecule has 98 valence electrons. The second-order valence-electron chi connectivity index (χ2n) is 4.61. The van der Waals surface area contributed by atoms with E-state index in [0.717, 1.165) is 0 Å². The summed E-state index contributed by atoms with van der Waals surface area (Å²) in [6.45, 7) is 7.51. The minimum absolute atomic E-state index is 0.355. The number of ether oxygens (including phenoxy) is 2. The minimum Gasteiger partial charge on any atom is -0.458 e. The summed E-state index contributed by atoms with van der Waals surface area (Å²) in [6, 6.07) is -0.760. The van der Waals surface area contributed by atoms with Crippen LogP contribution >= 0.6 is 0 Å². The lowest BCUT2D eigenvalue weighted by Gasteiger charge is -2.21. The summed E-state index contributed by atoms with van der Waals surface area (Å²) in [4.78, 5) is 33.2. The Labute approximate surface area is 101 Å². The van der Waals surface area contributed by atoms with Crippen LogP contribution in [-0.2, 0) is 19.1 Å². The Balaban J connectivity index is 4.08. The zero-order chi connectivity index (χ0) is 13.6. The second-order valence-corrected chi connectivity index (χ2v) is 4.61. The van der Waals surface area contributed by atoms with Gasteiger partial charge in [0.15, 0.2) is 12.4 Å². The van der Waals surface area contributed by atoms with Gasteiger partial charge in [-0.05, 0) is 27.7 Å². The molecule has 0 spiro atoms. The van der Waals surface area contributed by atoms with Gasteiger partial charge in [-0.2, -0.15) is 0 Å². The van der Waals surface area contributed by atoms with Gasteiger partial charge in [0.05, 0.1) is 6.04 Å². The number of nitrogens with one attached hydrogen (secondary N) is 1. The Hall–Kier alpha value is -1.59. The molecule has 6 nitrogen and oxygen atoms in total. The molecule has 17 heavy (non-hydrogen) atoms. The van der Waals surface area contributed by atoms with E-state index in [2.05, 4.69) is 10.1 Å². The van der Waals surface area contributed by atoms with E-state index in [1.165, 1.54) is 13.8 Å². The van der Waals surface area contributed by atoms with Crippen LogP contribution in [-0.4, -0.2) is 36.1 Å². The van der Waals surface area contributed by atoms with Crippen LogP contribution in [0.25, 0.3) is 0 Å². The molecule has 0 unspecified atom stereocenters. The highest BCUT2D eigenvalue weighted by atomic mass is 16.6. The fourth-order valence-electron chi connectivity index (χ4n) is 0.863. The lowest BCUT2D eigenvalue weighted by Crippen LogP contribution is -2.43. The predicted molar refractivity (Wildman–Crippen MR) is 60.5 cm³/mol. The number of hydrogen-bond acceptors (Lipinski definition) is 5. The maximum absolute atomic E-state index is 11.4. The Kier molecular flexibility index (Phi) is 5.64. The first-order valence-corrected chi connectivity index (χ1v) is 5.27. The van der Waals surface area contributed by atoms with E-state index in [-0.39, 0.29) is 6.61 Å². The minimum atomic E-state index is -0.760. The Morgan fingerprint density at radius 3 is 2.18 bits per heavy atom. The number of alkyl carbamates (subject to hydrolysis) is 1. The number of esters is 1. The monoisotopic (exact) mass is 245 g/mol. The van der Waals surface area contributed by atoms with E-state index in [1.54, 1.807) is 20.8 Å². The molecular formula is C11H19NO5. The zero-order valence-electron chi connectivity index (χ0n) is 10.8. The van der Waals surface area contributed by atoms with Crippen LogP contribution in [0.4, 0.5) is 4.79 Å². The summed E-state index contributed by atoms with van der Waals surface area (Å²) in [5.74, 6) is -0.936. The summed E-state index contributed by atoms with van der Waals surface area (Å²) >= 11 is 0. The van der Waals surface area contributed by atoms with Crippen LogP contribution in [0, 0.1) is 0 Å². The van der Waals surface area contributed by atoms with Crippen LogP contribution < -0.4 is 5.32 Å². The van der Waals surface area contributed by atoms with Crippen molar-refractivity contribution in [3.05, 3.63) is 0 Å². The van der Waals surface area contributed by atoms with Gasteiger partial charge in [-0.25, -0.2) is 4.79 Å². The number of carbonyl (C=O) groups excluding carboxylic acids is 3. The van der Waals surface area contributed by atoms with Gasteiger partial charge < -0.3 is 14.8 Å². The Morgan fingerprint density at radius 1 is 1.24 bits per heavy atom. The third kappa shape index (κ3) is 8.24. The first kappa shape index (κ1) is 15.4. The van der Waals surface area contributed by atoms with E-state index in [0.29, 0.717) is 0 Å². The van der Waals surface area contributed by atoms with E-state index in [1.807, 2.05) is 0 Å². The van der Waals surface area contributed by atoms with Crippen LogP contribution in [0.5, 0.6) is 0 Å². The van der Waals surface area contributed by atoms with Gasteiger partial charge in [-0.15, -0.1) is 0 Å². The van der Waals surface area contributed by atoms with Crippen LogP contribution in [0.15, 0.2) is 0 Å². The molecule has 0 aliphatic rings. The molecule has 0 fully saturated rings. The quantitative estimate of drug-likeness (QED) is 0.748. The lowest BCUT2D eigenvalue weighted by atomic mass is 10.2. The van der Waals surface area contributed by atoms with Gasteiger partial charge in [-0.3, -0.25) is 9.59 Å². The molecule has 0 bridgehead atoms. The molecule has 0 aromatic carbocycles. The van der Waals surface area contributed by atoms with Crippen molar-refractivity contribution in [2.75, 3.05) is 6.61 Å². The lowest BCUT2D eigenvalue weighted by molar-refractivity contribution is -0.146. The average molecular weight is 245 g/mol. The van der Waals surface area contributed by atoms with Crippen LogP contribution in [0.3, 0.4) is 0 Å². The van der Waals surface area contributed by atoms with E-state index in [9.17, 15) is 14.4 Å². The van der Waals surface area contributed by atoms with Crippen molar-refractivity contribution in [3.8, 4) is 0 Å². The first-order valence-electron chi connectivity index (χ1n) is 5.27. The first-order chi connectivity index (χ1) is 7.61. The van der Waals surface area contributed by atoms with E-state index in [4.69, 9.17) is 4.74 Å². The van der Waals surface area contributed by atoms with Gasteiger partial charge >= 0.3 is 12.1 Å². The third-order valence-electron chi connectivity index (χ3n) is 1.63. The number of amides is 1. The smallest absolute Gasteiger partial charge is 0.408 e. The maximum Gasteiger partial charge on any atom is 0.408 e. The molecule has 0 heterocycles. The number of ketones is 1. The summed E-state index contributed by atoms with van der Waals surface area (Å²) < 4.78 is 9.50. The molecule has 1 atom stereocenters. The number of rotatable bonds is 4. The van der Waals surface area contributed by atoms with Crippen molar-refractivity contribution < 1.29 is 23.9 Å². The normalized spacial score (nSPS) is 12.5. The molecule has 6 heteroatoms. The van der Waals surface area contributed by atoms with Crippen molar-refractivity contribution in [2.24, 2.45) is 0 Å². The van der Waals surface area contributed by atoms with Crippen molar-refractivity contribution in [2.45, 2.75) is 46.3 Å². The largest absolute Gasteiger partial charge is 0.458 e. The summed E-state index contributed by atoms with van der Waals surface area (Å²) in [5, 5.41) is 2.36. The topological polar surface area (TPSA) is 81.7 Å². The van der Waals surface area contributed by atoms with Crippen molar-refractivity contribution in [1.82, 2.24) is 5.32 Å². The van der Waals surface area contributed by atoms with Gasteiger partial charge in [0.2, 0.25) is 0 Å². The standard InChI is InChI=1S/C11H19NO5/c1-7(9(14)6-16-8(2)13)12-10(15)17-11(3,4)5/h7H,6H2,1-5H3,(H,12,15)/t7-/m0/s1. The number of carbonyl (C=O) groups is 3. The SMILES string of the molecule is CC(=O)OCC(=O)[C@H](C)NC(=O)OC(C)(C)C. The van der Waals surface area contributed by atoms with Crippen molar-refractivity contribution in [3.63, 3.8) is 0 Å². The average Bonchev–Trinajstić information content (AvgIpc) is 2.10. The number of hydrogen-bond donors (Lipinski definition) is 1. The van der Waals surface area contributed by atoms with Gasteiger partial charge in [-0.1, -0.05) is 0 Å². The van der Waals surface area contributed by atoms with Gasteiger partial charge in [0.25, 0.3) is 0 Å².